The average Bonchev–Trinajstić information content (AvgIpc) is 3.13. The number of halogens is 1. The Morgan fingerprint density at radius 2 is 2.14 bits per heavy atom. The number of benzene rings is 1. The SMILES string of the molecule is COc1ccc(Cc2[nH]ncc2-c2nc(Br)sc2C#N)cc1. The second-order valence-corrected chi connectivity index (χ2v) is 6.82. The van der Waals surface area contributed by atoms with Crippen molar-refractivity contribution in [2.45, 2.75) is 6.42 Å². The lowest BCUT2D eigenvalue weighted by atomic mass is 10.0. The maximum absolute atomic E-state index is 9.22. The lowest BCUT2D eigenvalue weighted by molar-refractivity contribution is 0.414. The normalized spacial score (nSPS) is 10.4. The van der Waals surface area contributed by atoms with E-state index in [-0.39, 0.29) is 0 Å². The molecule has 0 aliphatic heterocycles. The van der Waals surface area contributed by atoms with E-state index < -0.39 is 0 Å². The molecule has 22 heavy (non-hydrogen) atoms. The molecular weight excluding hydrogens is 364 g/mol. The van der Waals surface area contributed by atoms with Crippen molar-refractivity contribution < 1.29 is 4.74 Å². The number of aromatic amines is 1. The van der Waals surface area contributed by atoms with Gasteiger partial charge in [-0.1, -0.05) is 23.5 Å². The van der Waals surface area contributed by atoms with Crippen LogP contribution in [0.25, 0.3) is 11.3 Å². The first-order chi connectivity index (χ1) is 10.7. The van der Waals surface area contributed by atoms with E-state index in [1.807, 2.05) is 24.3 Å². The van der Waals surface area contributed by atoms with Crippen molar-refractivity contribution in [3.05, 3.63) is 50.5 Å². The van der Waals surface area contributed by atoms with E-state index in [0.29, 0.717) is 20.9 Å². The summed E-state index contributed by atoms with van der Waals surface area (Å²) in [4.78, 5) is 4.96. The lowest BCUT2D eigenvalue weighted by Crippen LogP contribution is -1.93. The van der Waals surface area contributed by atoms with E-state index in [0.717, 1.165) is 22.6 Å². The Bertz CT molecular complexity index is 832. The van der Waals surface area contributed by atoms with Gasteiger partial charge in [-0.15, -0.1) is 0 Å². The van der Waals surface area contributed by atoms with Crippen LogP contribution in [0.15, 0.2) is 34.4 Å². The van der Waals surface area contributed by atoms with Crippen molar-refractivity contribution in [1.82, 2.24) is 15.2 Å². The minimum Gasteiger partial charge on any atom is -0.497 e. The van der Waals surface area contributed by atoms with Gasteiger partial charge in [0.2, 0.25) is 0 Å². The Hall–Kier alpha value is -2.17. The summed E-state index contributed by atoms with van der Waals surface area (Å²) >= 11 is 4.65. The summed E-state index contributed by atoms with van der Waals surface area (Å²) in [7, 11) is 1.64. The zero-order chi connectivity index (χ0) is 15.5. The zero-order valence-corrected chi connectivity index (χ0v) is 14.0. The minimum atomic E-state index is 0.573. The second-order valence-electron chi connectivity index (χ2n) is 4.54. The molecule has 0 bridgehead atoms. The molecule has 0 spiro atoms. The number of methoxy groups -OCH3 is 1. The van der Waals surface area contributed by atoms with Crippen molar-refractivity contribution in [1.29, 1.82) is 5.26 Å². The number of ether oxygens (including phenoxy) is 1. The smallest absolute Gasteiger partial charge is 0.161 e. The van der Waals surface area contributed by atoms with E-state index in [1.54, 1.807) is 13.3 Å². The highest BCUT2D eigenvalue weighted by atomic mass is 79.9. The van der Waals surface area contributed by atoms with Crippen LogP contribution in [0, 0.1) is 11.3 Å². The van der Waals surface area contributed by atoms with Crippen LogP contribution in [-0.2, 0) is 6.42 Å². The fraction of sp³-hybridized carbons (Fsp3) is 0.133. The molecule has 0 fully saturated rings. The van der Waals surface area contributed by atoms with Gasteiger partial charge in [0.05, 0.1) is 13.3 Å². The molecule has 0 unspecified atom stereocenters. The van der Waals surface area contributed by atoms with E-state index in [9.17, 15) is 5.26 Å². The summed E-state index contributed by atoms with van der Waals surface area (Å²) in [5.74, 6) is 0.823. The molecule has 3 aromatic rings. The molecule has 7 heteroatoms. The predicted molar refractivity (Wildman–Crippen MR) is 87.9 cm³/mol. The number of hydrogen-bond donors (Lipinski definition) is 1. The van der Waals surface area contributed by atoms with E-state index in [4.69, 9.17) is 4.74 Å². The highest BCUT2D eigenvalue weighted by Crippen LogP contribution is 2.32. The molecule has 5 nitrogen and oxygen atoms in total. The topological polar surface area (TPSA) is 74.6 Å². The molecule has 0 saturated heterocycles. The van der Waals surface area contributed by atoms with Crippen LogP contribution in [-0.4, -0.2) is 22.3 Å². The van der Waals surface area contributed by atoms with Crippen molar-refractivity contribution in [2.24, 2.45) is 0 Å². The van der Waals surface area contributed by atoms with Crippen LogP contribution in [0.1, 0.15) is 16.1 Å². The standard InChI is InChI=1S/C15H11BrN4OS/c1-21-10-4-2-9(3-5-10)6-12-11(8-18-20-12)14-13(7-17)22-15(16)19-14/h2-5,8H,6H2,1H3,(H,18,20). The second kappa shape index (κ2) is 6.30. The number of aromatic nitrogens is 3. The third-order valence-corrected chi connectivity index (χ3v) is 4.63. The number of nitriles is 1. The van der Waals surface area contributed by atoms with E-state index in [2.05, 4.69) is 37.2 Å². The van der Waals surface area contributed by atoms with Gasteiger partial charge in [0.15, 0.2) is 3.92 Å². The molecule has 110 valence electrons. The Labute approximate surface area is 139 Å². The van der Waals surface area contributed by atoms with Gasteiger partial charge in [-0.3, -0.25) is 5.10 Å². The molecular formula is C15H11BrN4OS. The van der Waals surface area contributed by atoms with Crippen LogP contribution >= 0.6 is 27.3 Å². The Morgan fingerprint density at radius 3 is 2.82 bits per heavy atom. The molecule has 3 rings (SSSR count). The van der Waals surface area contributed by atoms with Crippen molar-refractivity contribution >= 4 is 27.3 Å². The van der Waals surface area contributed by atoms with Gasteiger partial charge in [-0.05, 0) is 33.6 Å². The van der Waals surface area contributed by atoms with Gasteiger partial charge in [-0.2, -0.15) is 10.4 Å². The van der Waals surface area contributed by atoms with Crippen LogP contribution in [0.2, 0.25) is 0 Å². The Kier molecular flexibility index (Phi) is 4.22. The molecule has 0 aliphatic carbocycles. The van der Waals surface area contributed by atoms with Crippen LogP contribution in [0.3, 0.4) is 0 Å². The number of thiazole rings is 1. The van der Waals surface area contributed by atoms with Gasteiger partial charge >= 0.3 is 0 Å². The van der Waals surface area contributed by atoms with Crippen LogP contribution < -0.4 is 4.74 Å². The number of H-pyrrole nitrogens is 1. The van der Waals surface area contributed by atoms with Crippen molar-refractivity contribution in [3.63, 3.8) is 0 Å². The van der Waals surface area contributed by atoms with Crippen LogP contribution in [0.4, 0.5) is 0 Å². The fourth-order valence-corrected chi connectivity index (χ4v) is 3.42. The predicted octanol–water partition coefficient (Wildman–Crippen LogP) is 3.77. The zero-order valence-electron chi connectivity index (χ0n) is 11.6. The summed E-state index contributed by atoms with van der Waals surface area (Å²) in [6.07, 6.45) is 2.39. The third kappa shape index (κ3) is 2.89. The summed E-state index contributed by atoms with van der Waals surface area (Å²) in [5, 5.41) is 16.3. The highest BCUT2D eigenvalue weighted by Gasteiger charge is 2.17. The summed E-state index contributed by atoms with van der Waals surface area (Å²) in [5.41, 5.74) is 3.57. The molecule has 1 N–H and O–H groups in total. The fourth-order valence-electron chi connectivity index (χ4n) is 2.15. The number of nitrogens with zero attached hydrogens (tertiary/aromatic N) is 3. The third-order valence-electron chi connectivity index (χ3n) is 3.22. The quantitative estimate of drug-likeness (QED) is 0.753. The van der Waals surface area contributed by atoms with E-state index in [1.165, 1.54) is 11.3 Å². The first kappa shape index (κ1) is 14.8. The Balaban J connectivity index is 1.93. The molecule has 0 aliphatic rings. The summed E-state index contributed by atoms with van der Waals surface area (Å²) in [6, 6.07) is 10.0. The average molecular weight is 375 g/mol. The maximum atomic E-state index is 9.22. The first-order valence-electron chi connectivity index (χ1n) is 6.43. The molecule has 0 atom stereocenters. The lowest BCUT2D eigenvalue weighted by Gasteiger charge is -2.04. The first-order valence-corrected chi connectivity index (χ1v) is 8.04. The molecule has 0 radical (unpaired) electrons. The monoisotopic (exact) mass is 374 g/mol. The number of hydrogen-bond acceptors (Lipinski definition) is 5. The van der Waals surface area contributed by atoms with Gasteiger partial charge < -0.3 is 4.74 Å². The van der Waals surface area contributed by atoms with Gasteiger partial charge in [0, 0.05) is 17.7 Å². The molecule has 0 amide bonds. The Morgan fingerprint density at radius 1 is 1.36 bits per heavy atom. The summed E-state index contributed by atoms with van der Waals surface area (Å²) in [6.45, 7) is 0. The minimum absolute atomic E-state index is 0.573. The summed E-state index contributed by atoms with van der Waals surface area (Å²) < 4.78 is 5.85. The number of nitrogens with one attached hydrogen (secondary N) is 1. The van der Waals surface area contributed by atoms with Gasteiger partial charge in [-0.25, -0.2) is 4.98 Å². The number of rotatable bonds is 4. The van der Waals surface area contributed by atoms with Gasteiger partial charge in [0.25, 0.3) is 0 Å². The van der Waals surface area contributed by atoms with Crippen LogP contribution in [0.5, 0.6) is 5.75 Å². The molecule has 2 heterocycles. The molecule has 1 aromatic carbocycles. The van der Waals surface area contributed by atoms with E-state index >= 15 is 0 Å². The highest BCUT2D eigenvalue weighted by molar-refractivity contribution is 9.11. The van der Waals surface area contributed by atoms with Gasteiger partial charge in [0.1, 0.15) is 22.4 Å². The van der Waals surface area contributed by atoms with Crippen molar-refractivity contribution in [2.75, 3.05) is 7.11 Å². The molecule has 0 saturated carbocycles. The molecule has 2 aromatic heterocycles. The largest absolute Gasteiger partial charge is 0.497 e. The maximum Gasteiger partial charge on any atom is 0.161 e. The van der Waals surface area contributed by atoms with Crippen molar-refractivity contribution in [3.8, 4) is 23.1 Å².